The van der Waals surface area contributed by atoms with Crippen LogP contribution in [0.5, 0.6) is 0 Å². The lowest BCUT2D eigenvalue weighted by atomic mass is 10.0. The number of ether oxygens (including phenoxy) is 1. The van der Waals surface area contributed by atoms with Crippen molar-refractivity contribution < 1.29 is 24.5 Å². The molecular weight excluding hydrogens is 995 g/mol. The molecule has 0 rings (SSSR count). The second-order valence-electron chi connectivity index (χ2n) is 25.6. The maximum Gasteiger partial charge on any atom is 0.305 e. The Bertz CT molecular complexity index is 1270. The van der Waals surface area contributed by atoms with Gasteiger partial charge >= 0.3 is 5.97 Å². The summed E-state index contributed by atoms with van der Waals surface area (Å²) in [5.74, 6) is -0.0206. The number of aliphatic hydroxyl groups excluding tert-OH is 2. The van der Waals surface area contributed by atoms with Crippen molar-refractivity contribution in [1.29, 1.82) is 0 Å². The van der Waals surface area contributed by atoms with Crippen LogP contribution in [0.4, 0.5) is 0 Å². The van der Waals surface area contributed by atoms with E-state index in [2.05, 4.69) is 43.5 Å². The Labute approximate surface area is 507 Å². The molecule has 0 fully saturated rings. The highest BCUT2D eigenvalue weighted by atomic mass is 16.5. The zero-order valence-electron chi connectivity index (χ0n) is 55.0. The molecule has 1 amide bonds. The van der Waals surface area contributed by atoms with Gasteiger partial charge in [0.15, 0.2) is 0 Å². The van der Waals surface area contributed by atoms with Crippen LogP contribution in [-0.2, 0) is 14.3 Å². The summed E-state index contributed by atoms with van der Waals surface area (Å²) >= 11 is 0. The molecule has 0 aromatic carbocycles. The molecule has 0 aliphatic rings. The third-order valence-corrected chi connectivity index (χ3v) is 17.5. The molecule has 480 valence electrons. The Hall–Kier alpha value is -1.66. The molecule has 0 bridgehead atoms. The maximum absolute atomic E-state index is 12.6. The van der Waals surface area contributed by atoms with Gasteiger partial charge in [-0.1, -0.05) is 372 Å². The van der Waals surface area contributed by atoms with Crippen LogP contribution in [0, 0.1) is 0 Å². The Kier molecular flexibility index (Phi) is 69.4. The number of hydrogen-bond donors (Lipinski definition) is 3. The van der Waals surface area contributed by atoms with Gasteiger partial charge in [-0.3, -0.25) is 9.59 Å². The van der Waals surface area contributed by atoms with Gasteiger partial charge in [-0.05, 0) is 57.8 Å². The molecule has 0 aliphatic heterocycles. The molecule has 2 atom stereocenters. The smallest absolute Gasteiger partial charge is 0.305 e. The average Bonchev–Trinajstić information content (AvgIpc) is 3.47. The number of carbonyl (C=O) groups excluding carboxylic acids is 2. The zero-order chi connectivity index (χ0) is 58.5. The van der Waals surface area contributed by atoms with Gasteiger partial charge in [-0.25, -0.2) is 0 Å². The van der Waals surface area contributed by atoms with E-state index in [4.69, 9.17) is 4.74 Å². The second-order valence-corrected chi connectivity index (χ2v) is 25.6. The Morgan fingerprint density at radius 2 is 0.617 bits per heavy atom. The van der Waals surface area contributed by atoms with Crippen molar-refractivity contribution in [3.8, 4) is 0 Å². The molecule has 0 heterocycles. The molecule has 81 heavy (non-hydrogen) atoms. The van der Waals surface area contributed by atoms with E-state index in [1.54, 1.807) is 0 Å². The lowest BCUT2D eigenvalue weighted by Gasteiger charge is -2.22. The van der Waals surface area contributed by atoms with E-state index in [1.165, 1.54) is 334 Å². The summed E-state index contributed by atoms with van der Waals surface area (Å²) in [5, 5.41) is 23.4. The first-order chi connectivity index (χ1) is 40.0. The normalized spacial score (nSPS) is 12.6. The minimum atomic E-state index is -0.662. The fourth-order valence-corrected chi connectivity index (χ4v) is 11.9. The highest BCUT2D eigenvalue weighted by Crippen LogP contribution is 2.20. The molecule has 2 unspecified atom stereocenters. The van der Waals surface area contributed by atoms with E-state index >= 15 is 0 Å². The molecule has 0 saturated carbocycles. The molecule has 6 nitrogen and oxygen atoms in total. The summed E-state index contributed by atoms with van der Waals surface area (Å²) in [6.07, 6.45) is 89.6. The Morgan fingerprint density at radius 1 is 0.346 bits per heavy atom. The number of carbonyl (C=O) groups is 2. The van der Waals surface area contributed by atoms with Crippen molar-refractivity contribution in [1.82, 2.24) is 5.32 Å². The van der Waals surface area contributed by atoms with E-state index < -0.39 is 12.1 Å². The first-order valence-electron chi connectivity index (χ1n) is 37.1. The number of esters is 1. The second kappa shape index (κ2) is 70.8. The third kappa shape index (κ3) is 67.3. The first-order valence-corrected chi connectivity index (χ1v) is 37.1. The van der Waals surface area contributed by atoms with Gasteiger partial charge in [0.25, 0.3) is 0 Å². The fourth-order valence-electron chi connectivity index (χ4n) is 11.9. The van der Waals surface area contributed by atoms with Crippen molar-refractivity contribution in [3.05, 3.63) is 24.3 Å². The molecule has 3 N–H and O–H groups in total. The summed E-state index contributed by atoms with van der Waals surface area (Å²) in [5.41, 5.74) is 0. The zero-order valence-corrected chi connectivity index (χ0v) is 55.0. The molecular formula is C75H145NO5. The van der Waals surface area contributed by atoms with Gasteiger partial charge in [0.05, 0.1) is 25.4 Å². The molecule has 6 heteroatoms. The molecule has 0 spiro atoms. The minimum absolute atomic E-state index is 0.00627. The standard InChI is InChI=1S/C75H145NO5/c1-3-5-7-9-11-13-15-17-19-20-21-33-36-40-43-47-51-55-59-63-67-73(78)72(71-77)76-74(79)68-64-60-56-52-48-44-41-37-34-31-29-27-25-23-22-24-26-28-30-32-35-38-42-46-50-54-58-62-66-70-81-75(80)69-65-61-57-53-49-45-39-18-16-14-12-10-8-6-4-2/h12,14,18,39,72-73,77-78H,3-11,13,15-17,19-38,40-71H2,1-2H3,(H,76,79)/b14-12-,39-18-. The van der Waals surface area contributed by atoms with E-state index in [9.17, 15) is 19.8 Å². The highest BCUT2D eigenvalue weighted by molar-refractivity contribution is 5.76. The summed E-state index contributed by atoms with van der Waals surface area (Å²) in [6.45, 7) is 4.97. The van der Waals surface area contributed by atoms with Crippen LogP contribution >= 0.6 is 0 Å². The molecule has 0 aromatic heterocycles. The molecule has 0 saturated heterocycles. The maximum atomic E-state index is 12.6. The van der Waals surface area contributed by atoms with E-state index in [-0.39, 0.29) is 18.5 Å². The van der Waals surface area contributed by atoms with Crippen LogP contribution in [0.3, 0.4) is 0 Å². The van der Waals surface area contributed by atoms with Gasteiger partial charge in [0.1, 0.15) is 0 Å². The average molecular weight is 1140 g/mol. The van der Waals surface area contributed by atoms with Crippen molar-refractivity contribution >= 4 is 11.9 Å². The lowest BCUT2D eigenvalue weighted by molar-refractivity contribution is -0.143. The largest absolute Gasteiger partial charge is 0.466 e. The Balaban J connectivity index is 3.34. The van der Waals surface area contributed by atoms with Crippen molar-refractivity contribution in [2.75, 3.05) is 13.2 Å². The summed E-state index contributed by atoms with van der Waals surface area (Å²) in [4.78, 5) is 24.6. The van der Waals surface area contributed by atoms with Crippen LogP contribution in [0.1, 0.15) is 418 Å². The van der Waals surface area contributed by atoms with Gasteiger partial charge in [0, 0.05) is 12.8 Å². The number of aliphatic hydroxyl groups is 2. The van der Waals surface area contributed by atoms with Gasteiger partial charge in [-0.15, -0.1) is 0 Å². The van der Waals surface area contributed by atoms with Crippen molar-refractivity contribution in [3.63, 3.8) is 0 Å². The molecule has 0 radical (unpaired) electrons. The summed E-state index contributed by atoms with van der Waals surface area (Å²) < 4.78 is 5.49. The van der Waals surface area contributed by atoms with Crippen LogP contribution in [0.2, 0.25) is 0 Å². The van der Waals surface area contributed by atoms with Crippen LogP contribution in [0.25, 0.3) is 0 Å². The van der Waals surface area contributed by atoms with Crippen molar-refractivity contribution in [2.45, 2.75) is 431 Å². The molecule has 0 aromatic rings. The van der Waals surface area contributed by atoms with E-state index in [0.29, 0.717) is 25.9 Å². The summed E-state index contributed by atoms with van der Waals surface area (Å²) in [6, 6.07) is -0.539. The fraction of sp³-hybridized carbons (Fsp3) is 0.920. The van der Waals surface area contributed by atoms with Gasteiger partial charge in [-0.2, -0.15) is 0 Å². The SMILES string of the molecule is CCCCC/C=C\C/C=C\CCCCCCCC(=O)OCCCCCCCCCCCCCCCCCCCCCCCCCCCCCCCC(=O)NC(CO)C(O)CCCCCCCCCCCCCCCCCCCCCC. The number of unbranched alkanes of at least 4 members (excludes halogenated alkanes) is 55. The Morgan fingerprint density at radius 3 is 0.963 bits per heavy atom. The lowest BCUT2D eigenvalue weighted by Crippen LogP contribution is -2.45. The van der Waals surface area contributed by atoms with E-state index in [0.717, 1.165) is 51.4 Å². The van der Waals surface area contributed by atoms with Crippen molar-refractivity contribution in [2.24, 2.45) is 0 Å². The predicted octanol–water partition coefficient (Wildman–Crippen LogP) is 24.1. The number of nitrogens with one attached hydrogen (secondary N) is 1. The number of hydrogen-bond acceptors (Lipinski definition) is 5. The number of rotatable bonds is 70. The highest BCUT2D eigenvalue weighted by Gasteiger charge is 2.20. The van der Waals surface area contributed by atoms with Crippen LogP contribution in [0.15, 0.2) is 24.3 Å². The third-order valence-electron chi connectivity index (χ3n) is 17.5. The minimum Gasteiger partial charge on any atom is -0.466 e. The number of amides is 1. The monoisotopic (exact) mass is 1140 g/mol. The summed E-state index contributed by atoms with van der Waals surface area (Å²) in [7, 11) is 0. The first kappa shape index (κ1) is 79.3. The number of allylic oxidation sites excluding steroid dienone is 4. The van der Waals surface area contributed by atoms with Gasteiger partial charge in [0.2, 0.25) is 5.91 Å². The molecule has 0 aliphatic carbocycles. The predicted molar refractivity (Wildman–Crippen MR) is 356 cm³/mol. The van der Waals surface area contributed by atoms with Crippen LogP contribution in [-0.4, -0.2) is 47.4 Å². The topological polar surface area (TPSA) is 95.9 Å². The van der Waals surface area contributed by atoms with Crippen LogP contribution < -0.4 is 5.32 Å². The van der Waals surface area contributed by atoms with Gasteiger partial charge < -0.3 is 20.3 Å². The van der Waals surface area contributed by atoms with E-state index in [1.807, 2.05) is 0 Å². The quantitative estimate of drug-likeness (QED) is 0.0320.